The molecule has 0 saturated carbocycles. The first-order valence-corrected chi connectivity index (χ1v) is 7.26. The van der Waals surface area contributed by atoms with E-state index >= 15 is 0 Å². The summed E-state index contributed by atoms with van der Waals surface area (Å²) >= 11 is 0. The molecule has 0 bridgehead atoms. The van der Waals surface area contributed by atoms with Crippen LogP contribution in [0.3, 0.4) is 0 Å². The highest BCUT2D eigenvalue weighted by Gasteiger charge is 2.19. The van der Waals surface area contributed by atoms with Crippen LogP contribution in [0.2, 0.25) is 0 Å². The van der Waals surface area contributed by atoms with Crippen molar-refractivity contribution in [1.82, 2.24) is 29.8 Å². The molecule has 0 saturated heterocycles. The number of hydrogen-bond donors (Lipinski definition) is 2. The van der Waals surface area contributed by atoms with Crippen molar-refractivity contribution < 1.29 is 9.21 Å². The fourth-order valence-corrected chi connectivity index (χ4v) is 2.32. The van der Waals surface area contributed by atoms with Gasteiger partial charge in [0, 0.05) is 13.2 Å². The maximum atomic E-state index is 12.3. The standard InChI is InChI=1S/C15H17N7O2/c1-8-7-22(3)10(19-8)6-18-14(23)12-13(16)21-11(9(2)20-12)15-17-4-5-24-15/h4-5,7H,6H2,1-3H3,(H2,16,21)(H,18,23). The van der Waals surface area contributed by atoms with E-state index in [-0.39, 0.29) is 18.1 Å². The quantitative estimate of drug-likeness (QED) is 0.732. The molecule has 124 valence electrons. The van der Waals surface area contributed by atoms with Gasteiger partial charge in [0.1, 0.15) is 17.8 Å². The van der Waals surface area contributed by atoms with Crippen molar-refractivity contribution in [2.45, 2.75) is 20.4 Å². The lowest BCUT2D eigenvalue weighted by Gasteiger charge is -2.09. The van der Waals surface area contributed by atoms with Crippen LogP contribution in [-0.2, 0) is 13.6 Å². The molecule has 0 aliphatic rings. The molecule has 3 heterocycles. The Morgan fingerprint density at radius 1 is 1.33 bits per heavy atom. The Bertz CT molecular complexity index is 884. The molecule has 9 nitrogen and oxygen atoms in total. The van der Waals surface area contributed by atoms with Crippen LogP contribution < -0.4 is 11.1 Å². The minimum Gasteiger partial charge on any atom is -0.443 e. The predicted molar refractivity (Wildman–Crippen MR) is 85.8 cm³/mol. The van der Waals surface area contributed by atoms with Gasteiger partial charge < -0.3 is 20.0 Å². The molecule has 24 heavy (non-hydrogen) atoms. The average molecular weight is 327 g/mol. The number of nitrogens with one attached hydrogen (secondary N) is 1. The van der Waals surface area contributed by atoms with Crippen LogP contribution in [0.5, 0.6) is 0 Å². The summed E-state index contributed by atoms with van der Waals surface area (Å²) in [5, 5.41) is 2.75. The van der Waals surface area contributed by atoms with Crippen molar-refractivity contribution in [1.29, 1.82) is 0 Å². The molecule has 9 heteroatoms. The van der Waals surface area contributed by atoms with Crippen LogP contribution in [-0.4, -0.2) is 30.4 Å². The highest BCUT2D eigenvalue weighted by Crippen LogP contribution is 2.20. The van der Waals surface area contributed by atoms with Gasteiger partial charge in [0.15, 0.2) is 11.5 Å². The number of imidazole rings is 1. The molecular formula is C15H17N7O2. The van der Waals surface area contributed by atoms with Gasteiger partial charge in [-0.15, -0.1) is 0 Å². The van der Waals surface area contributed by atoms with Crippen LogP contribution in [0, 0.1) is 13.8 Å². The second-order valence-electron chi connectivity index (χ2n) is 5.32. The molecule has 0 atom stereocenters. The molecule has 0 aromatic carbocycles. The molecule has 3 rings (SSSR count). The molecule has 0 fully saturated rings. The lowest BCUT2D eigenvalue weighted by Crippen LogP contribution is -2.27. The zero-order valence-electron chi connectivity index (χ0n) is 13.6. The summed E-state index contributed by atoms with van der Waals surface area (Å²) in [5.74, 6) is 0.646. The molecule has 3 N–H and O–H groups in total. The monoisotopic (exact) mass is 327 g/mol. The molecule has 3 aromatic heterocycles. The summed E-state index contributed by atoms with van der Waals surface area (Å²) in [6.45, 7) is 3.87. The number of carbonyl (C=O) groups excluding carboxylic acids is 1. The first-order chi connectivity index (χ1) is 11.5. The lowest BCUT2D eigenvalue weighted by atomic mass is 10.2. The first-order valence-electron chi connectivity index (χ1n) is 7.26. The number of aryl methyl sites for hydroxylation is 3. The van der Waals surface area contributed by atoms with E-state index in [1.54, 1.807) is 6.92 Å². The van der Waals surface area contributed by atoms with Crippen LogP contribution in [0.4, 0.5) is 5.82 Å². The Kier molecular flexibility index (Phi) is 3.98. The molecule has 0 spiro atoms. The smallest absolute Gasteiger partial charge is 0.274 e. The number of carbonyl (C=O) groups is 1. The van der Waals surface area contributed by atoms with Crippen LogP contribution >= 0.6 is 0 Å². The molecular weight excluding hydrogens is 310 g/mol. The number of anilines is 1. The summed E-state index contributed by atoms with van der Waals surface area (Å²) in [4.78, 5) is 29.1. The second-order valence-corrected chi connectivity index (χ2v) is 5.32. The van der Waals surface area contributed by atoms with Crippen molar-refractivity contribution in [3.8, 4) is 11.6 Å². The van der Waals surface area contributed by atoms with E-state index in [0.29, 0.717) is 17.3 Å². The van der Waals surface area contributed by atoms with Crippen molar-refractivity contribution >= 4 is 11.7 Å². The Morgan fingerprint density at radius 2 is 2.12 bits per heavy atom. The van der Waals surface area contributed by atoms with Crippen LogP contribution in [0.1, 0.15) is 27.7 Å². The minimum absolute atomic E-state index is 0.0160. The largest absolute Gasteiger partial charge is 0.443 e. The van der Waals surface area contributed by atoms with Crippen molar-refractivity contribution in [2.75, 3.05) is 5.73 Å². The normalized spacial score (nSPS) is 10.8. The molecule has 0 aliphatic carbocycles. The van der Waals surface area contributed by atoms with E-state index in [1.165, 1.54) is 12.5 Å². The highest BCUT2D eigenvalue weighted by atomic mass is 16.3. The Morgan fingerprint density at radius 3 is 2.75 bits per heavy atom. The molecule has 1 amide bonds. The summed E-state index contributed by atoms with van der Waals surface area (Å²) < 4.78 is 7.04. The number of nitrogens with two attached hydrogens (primary N) is 1. The number of rotatable bonds is 4. The summed E-state index contributed by atoms with van der Waals surface area (Å²) in [5.41, 5.74) is 7.74. The van der Waals surface area contributed by atoms with E-state index in [4.69, 9.17) is 10.2 Å². The van der Waals surface area contributed by atoms with Gasteiger partial charge >= 0.3 is 0 Å². The van der Waals surface area contributed by atoms with Gasteiger partial charge in [-0.05, 0) is 13.8 Å². The third-order valence-corrected chi connectivity index (χ3v) is 3.45. The Hall–Kier alpha value is -3.23. The van der Waals surface area contributed by atoms with Gasteiger partial charge in [0.05, 0.1) is 24.1 Å². The van der Waals surface area contributed by atoms with E-state index < -0.39 is 5.91 Å². The van der Waals surface area contributed by atoms with Gasteiger partial charge in [-0.25, -0.2) is 19.9 Å². The number of amides is 1. The Labute approximate surface area is 138 Å². The minimum atomic E-state index is -0.414. The number of nitrogen functional groups attached to an aromatic ring is 1. The molecule has 3 aromatic rings. The fraction of sp³-hybridized carbons (Fsp3) is 0.267. The zero-order valence-corrected chi connectivity index (χ0v) is 13.6. The number of hydrogen-bond acceptors (Lipinski definition) is 7. The second kappa shape index (κ2) is 6.11. The average Bonchev–Trinajstić information content (AvgIpc) is 3.16. The predicted octanol–water partition coefficient (Wildman–Crippen LogP) is 0.994. The van der Waals surface area contributed by atoms with Gasteiger partial charge in [-0.3, -0.25) is 4.79 Å². The molecule has 0 unspecified atom stereocenters. The number of aromatic nitrogens is 5. The summed E-state index contributed by atoms with van der Waals surface area (Å²) in [7, 11) is 1.87. The lowest BCUT2D eigenvalue weighted by molar-refractivity contribution is 0.0945. The van der Waals surface area contributed by atoms with E-state index in [1.807, 2.05) is 24.7 Å². The Balaban J connectivity index is 1.80. The van der Waals surface area contributed by atoms with Gasteiger partial charge in [0.25, 0.3) is 5.91 Å². The number of nitrogens with zero attached hydrogens (tertiary/aromatic N) is 5. The maximum Gasteiger partial charge on any atom is 0.274 e. The summed E-state index contributed by atoms with van der Waals surface area (Å²) in [6, 6.07) is 0. The van der Waals surface area contributed by atoms with Crippen molar-refractivity contribution in [2.24, 2.45) is 7.05 Å². The van der Waals surface area contributed by atoms with Crippen molar-refractivity contribution in [3.05, 3.63) is 41.6 Å². The van der Waals surface area contributed by atoms with Gasteiger partial charge in [-0.1, -0.05) is 0 Å². The zero-order chi connectivity index (χ0) is 17.3. The van der Waals surface area contributed by atoms with Crippen LogP contribution in [0.25, 0.3) is 11.6 Å². The van der Waals surface area contributed by atoms with Gasteiger partial charge in [-0.2, -0.15) is 0 Å². The van der Waals surface area contributed by atoms with Crippen LogP contribution in [0.15, 0.2) is 23.1 Å². The van der Waals surface area contributed by atoms with E-state index in [2.05, 4.69) is 25.3 Å². The highest BCUT2D eigenvalue weighted by molar-refractivity contribution is 5.96. The SMILES string of the molecule is Cc1cn(C)c(CNC(=O)c2nc(C)c(-c3ncco3)nc2N)n1. The molecule has 0 aliphatic heterocycles. The van der Waals surface area contributed by atoms with Crippen molar-refractivity contribution in [3.63, 3.8) is 0 Å². The van der Waals surface area contributed by atoms with E-state index in [0.717, 1.165) is 11.5 Å². The van der Waals surface area contributed by atoms with E-state index in [9.17, 15) is 4.79 Å². The topological polar surface area (TPSA) is 125 Å². The maximum absolute atomic E-state index is 12.3. The number of oxazole rings is 1. The fourth-order valence-electron chi connectivity index (χ4n) is 2.32. The summed E-state index contributed by atoms with van der Waals surface area (Å²) in [6.07, 6.45) is 4.81. The van der Waals surface area contributed by atoms with Gasteiger partial charge in [0.2, 0.25) is 5.89 Å². The third-order valence-electron chi connectivity index (χ3n) is 3.45. The molecule has 0 radical (unpaired) electrons. The third kappa shape index (κ3) is 2.96. The first kappa shape index (κ1) is 15.7.